The van der Waals surface area contributed by atoms with E-state index in [9.17, 15) is 5.11 Å². The van der Waals surface area contributed by atoms with E-state index in [-0.39, 0.29) is 30.6 Å². The molecule has 1 saturated heterocycles. The Morgan fingerprint density at radius 2 is 2.00 bits per heavy atom. The third-order valence-corrected chi connectivity index (χ3v) is 5.05. The molecule has 0 amide bonds. The summed E-state index contributed by atoms with van der Waals surface area (Å²) in [5.74, 6) is 2.02. The van der Waals surface area contributed by atoms with Crippen molar-refractivity contribution in [2.45, 2.75) is 39.5 Å². The molecular formula is C21H37IN4O. The summed E-state index contributed by atoms with van der Waals surface area (Å²) < 4.78 is 0. The van der Waals surface area contributed by atoms with Crippen LogP contribution in [0.2, 0.25) is 0 Å². The Bertz CT molecular complexity index is 520. The molecule has 27 heavy (non-hydrogen) atoms. The largest absolute Gasteiger partial charge is 0.396 e. The minimum absolute atomic E-state index is 0. The summed E-state index contributed by atoms with van der Waals surface area (Å²) in [4.78, 5) is 7.23. The lowest BCUT2D eigenvalue weighted by Gasteiger charge is -2.20. The van der Waals surface area contributed by atoms with Crippen molar-refractivity contribution in [2.24, 2.45) is 16.8 Å². The van der Waals surface area contributed by atoms with Crippen molar-refractivity contribution in [1.82, 2.24) is 10.6 Å². The number of rotatable bonds is 10. The molecule has 0 spiro atoms. The number of nitrogens with one attached hydrogen (secondary N) is 2. The van der Waals surface area contributed by atoms with Crippen molar-refractivity contribution in [1.29, 1.82) is 0 Å². The van der Waals surface area contributed by atoms with Gasteiger partial charge in [0.05, 0.1) is 0 Å². The lowest BCUT2D eigenvalue weighted by molar-refractivity contribution is 0.253. The van der Waals surface area contributed by atoms with Crippen molar-refractivity contribution in [3.8, 4) is 0 Å². The average Bonchev–Trinajstić information content (AvgIpc) is 3.14. The van der Waals surface area contributed by atoms with Crippen LogP contribution in [0.15, 0.2) is 35.3 Å². The van der Waals surface area contributed by atoms with E-state index in [2.05, 4.69) is 59.7 Å². The van der Waals surface area contributed by atoms with E-state index in [1.165, 1.54) is 12.1 Å². The second-order valence-corrected chi connectivity index (χ2v) is 7.20. The van der Waals surface area contributed by atoms with Gasteiger partial charge in [0, 0.05) is 45.0 Å². The topological polar surface area (TPSA) is 59.9 Å². The third-order valence-electron chi connectivity index (χ3n) is 5.05. The summed E-state index contributed by atoms with van der Waals surface area (Å²) in [6.45, 7) is 9.36. The molecule has 1 aliphatic rings. The van der Waals surface area contributed by atoms with Crippen molar-refractivity contribution in [3.05, 3.63) is 30.3 Å². The first-order valence-electron chi connectivity index (χ1n) is 10.2. The van der Waals surface area contributed by atoms with Gasteiger partial charge in [-0.2, -0.15) is 0 Å². The molecule has 0 aliphatic carbocycles. The van der Waals surface area contributed by atoms with Gasteiger partial charge in [0.25, 0.3) is 0 Å². The summed E-state index contributed by atoms with van der Waals surface area (Å²) in [5, 5.41) is 16.1. The van der Waals surface area contributed by atoms with Crippen LogP contribution in [0.25, 0.3) is 0 Å². The summed E-state index contributed by atoms with van der Waals surface area (Å²) in [5.41, 5.74) is 1.32. The Hall–Kier alpha value is -1.02. The van der Waals surface area contributed by atoms with Gasteiger partial charge in [-0.15, -0.1) is 24.0 Å². The van der Waals surface area contributed by atoms with Crippen LogP contribution in [0.4, 0.5) is 5.69 Å². The highest BCUT2D eigenvalue weighted by atomic mass is 127. The molecule has 2 unspecified atom stereocenters. The minimum atomic E-state index is 0. The number of aliphatic hydroxyl groups excluding tert-OH is 1. The first-order chi connectivity index (χ1) is 12.8. The third kappa shape index (κ3) is 8.68. The van der Waals surface area contributed by atoms with Crippen LogP contribution in [0.1, 0.15) is 39.5 Å². The molecule has 2 rings (SSSR count). The fraction of sp³-hybridized carbons (Fsp3) is 0.667. The van der Waals surface area contributed by atoms with Crippen molar-refractivity contribution < 1.29 is 5.11 Å². The zero-order chi connectivity index (χ0) is 18.6. The lowest BCUT2D eigenvalue weighted by Crippen LogP contribution is -2.40. The minimum Gasteiger partial charge on any atom is -0.396 e. The molecule has 1 fully saturated rings. The van der Waals surface area contributed by atoms with Crippen LogP contribution < -0.4 is 15.5 Å². The van der Waals surface area contributed by atoms with E-state index in [0.717, 1.165) is 57.9 Å². The molecule has 0 bridgehead atoms. The molecule has 6 heteroatoms. The Kier molecular flexibility index (Phi) is 12.5. The lowest BCUT2D eigenvalue weighted by atomic mass is 10.0. The molecule has 1 aliphatic heterocycles. The van der Waals surface area contributed by atoms with Gasteiger partial charge < -0.3 is 20.6 Å². The predicted molar refractivity (Wildman–Crippen MR) is 126 cm³/mol. The molecule has 0 saturated carbocycles. The van der Waals surface area contributed by atoms with E-state index < -0.39 is 0 Å². The van der Waals surface area contributed by atoms with E-state index in [1.807, 2.05) is 0 Å². The number of benzene rings is 1. The molecular weight excluding hydrogens is 451 g/mol. The summed E-state index contributed by atoms with van der Waals surface area (Å²) in [6.07, 6.45) is 4.31. The van der Waals surface area contributed by atoms with Crippen LogP contribution in [0.3, 0.4) is 0 Å². The van der Waals surface area contributed by atoms with Gasteiger partial charge >= 0.3 is 0 Å². The van der Waals surface area contributed by atoms with Gasteiger partial charge in [-0.25, -0.2) is 0 Å². The Balaban J connectivity index is 0.00000364. The molecule has 2 atom stereocenters. The predicted octanol–water partition coefficient (Wildman–Crippen LogP) is 3.48. The van der Waals surface area contributed by atoms with Crippen molar-refractivity contribution in [3.63, 3.8) is 0 Å². The van der Waals surface area contributed by atoms with Gasteiger partial charge in [-0.3, -0.25) is 4.99 Å². The van der Waals surface area contributed by atoms with E-state index >= 15 is 0 Å². The molecule has 3 N–H and O–H groups in total. The first-order valence-corrected chi connectivity index (χ1v) is 10.2. The number of nitrogens with zero attached hydrogens (tertiary/aromatic N) is 2. The SMILES string of the molecule is CCCC(CCO)CN=C(NCC)NCC1CCN(c2ccccc2)C1.I. The smallest absolute Gasteiger partial charge is 0.191 e. The average molecular weight is 488 g/mol. The number of anilines is 1. The Labute approximate surface area is 182 Å². The molecule has 1 heterocycles. The first kappa shape index (κ1) is 24.0. The van der Waals surface area contributed by atoms with Crippen LogP contribution >= 0.6 is 24.0 Å². The Morgan fingerprint density at radius 3 is 2.67 bits per heavy atom. The molecule has 154 valence electrons. The highest BCUT2D eigenvalue weighted by Gasteiger charge is 2.22. The van der Waals surface area contributed by atoms with E-state index in [4.69, 9.17) is 4.99 Å². The number of halogens is 1. The summed E-state index contributed by atoms with van der Waals surface area (Å²) in [6, 6.07) is 10.7. The molecule has 1 aromatic carbocycles. The van der Waals surface area contributed by atoms with Gasteiger partial charge in [0.15, 0.2) is 5.96 Å². The zero-order valence-corrected chi connectivity index (χ0v) is 19.2. The normalized spacial score (nSPS) is 18.1. The van der Waals surface area contributed by atoms with Crippen molar-refractivity contribution >= 4 is 35.6 Å². The van der Waals surface area contributed by atoms with Crippen molar-refractivity contribution in [2.75, 3.05) is 44.2 Å². The maximum absolute atomic E-state index is 9.21. The maximum atomic E-state index is 9.21. The van der Waals surface area contributed by atoms with Gasteiger partial charge in [-0.1, -0.05) is 31.5 Å². The monoisotopic (exact) mass is 488 g/mol. The fourth-order valence-corrected chi connectivity index (χ4v) is 3.59. The number of hydrogen-bond acceptors (Lipinski definition) is 3. The van der Waals surface area contributed by atoms with Crippen LogP contribution in [0, 0.1) is 11.8 Å². The Morgan fingerprint density at radius 1 is 1.22 bits per heavy atom. The zero-order valence-electron chi connectivity index (χ0n) is 16.9. The van der Waals surface area contributed by atoms with Crippen LogP contribution in [-0.4, -0.2) is 50.4 Å². The van der Waals surface area contributed by atoms with E-state index in [0.29, 0.717) is 11.8 Å². The maximum Gasteiger partial charge on any atom is 0.191 e. The highest BCUT2D eigenvalue weighted by molar-refractivity contribution is 14.0. The fourth-order valence-electron chi connectivity index (χ4n) is 3.59. The van der Waals surface area contributed by atoms with Gasteiger partial charge in [0.2, 0.25) is 0 Å². The second-order valence-electron chi connectivity index (χ2n) is 7.20. The summed E-state index contributed by atoms with van der Waals surface area (Å²) in [7, 11) is 0. The number of para-hydroxylation sites is 1. The molecule has 5 nitrogen and oxygen atoms in total. The van der Waals surface area contributed by atoms with Crippen LogP contribution in [-0.2, 0) is 0 Å². The van der Waals surface area contributed by atoms with Gasteiger partial charge in [0.1, 0.15) is 0 Å². The number of aliphatic imine (C=N–C) groups is 1. The second kappa shape index (κ2) is 14.0. The highest BCUT2D eigenvalue weighted by Crippen LogP contribution is 2.22. The quantitative estimate of drug-likeness (QED) is 0.268. The molecule has 0 aromatic heterocycles. The van der Waals surface area contributed by atoms with E-state index in [1.54, 1.807) is 0 Å². The number of aliphatic hydroxyl groups is 1. The summed E-state index contributed by atoms with van der Waals surface area (Å²) >= 11 is 0. The molecule has 1 aromatic rings. The number of hydrogen-bond donors (Lipinski definition) is 3. The number of guanidine groups is 1. The van der Waals surface area contributed by atoms with Crippen LogP contribution in [0.5, 0.6) is 0 Å². The van der Waals surface area contributed by atoms with Gasteiger partial charge in [-0.05, 0) is 50.2 Å². The standard InChI is InChI=1S/C21H36N4O.HI/c1-3-8-18(12-14-26)15-23-21(22-4-2)24-16-19-11-13-25(17-19)20-9-6-5-7-10-20;/h5-7,9-10,18-19,26H,3-4,8,11-17H2,1-2H3,(H2,22,23,24);1H. The molecule has 0 radical (unpaired) electrons.